The Morgan fingerprint density at radius 2 is 1.72 bits per heavy atom. The zero-order valence-corrected chi connectivity index (χ0v) is 28.3. The Kier molecular flexibility index (Phi) is 7.99. The number of hydrogen-bond donors (Lipinski definition) is 2. The molecule has 1 atom stereocenters. The number of hydrogen-bond acceptors (Lipinski definition) is 8. The van der Waals surface area contributed by atoms with E-state index in [2.05, 4.69) is 22.5 Å². The molecule has 16 heteroatoms. The maximum absolute atomic E-state index is 13.6. The van der Waals surface area contributed by atoms with Crippen molar-refractivity contribution in [2.45, 2.75) is 49.9 Å². The number of oxazole rings is 1. The Bertz CT molecular complexity index is 2420. The molecule has 3 fully saturated rings. The first-order chi connectivity index (χ1) is 25.2. The van der Waals surface area contributed by atoms with Crippen LogP contribution in [0.15, 0.2) is 63.8 Å². The molecule has 4 aliphatic rings. The third-order valence-corrected chi connectivity index (χ3v) is 10.6. The second kappa shape index (κ2) is 12.4. The molecule has 0 bridgehead atoms. The Labute approximate surface area is 302 Å². The van der Waals surface area contributed by atoms with Crippen LogP contribution in [0.25, 0.3) is 11.1 Å². The molecule has 5 amide bonds. The second-order valence-corrected chi connectivity index (χ2v) is 13.9. The summed E-state index contributed by atoms with van der Waals surface area (Å²) in [5.74, 6) is 2.63. The van der Waals surface area contributed by atoms with Gasteiger partial charge in [-0.3, -0.25) is 38.8 Å². The van der Waals surface area contributed by atoms with Crippen molar-refractivity contribution in [1.82, 2.24) is 14.8 Å². The van der Waals surface area contributed by atoms with Gasteiger partial charge in [-0.2, -0.15) is 13.2 Å². The van der Waals surface area contributed by atoms with Crippen molar-refractivity contribution in [1.29, 1.82) is 0 Å². The van der Waals surface area contributed by atoms with Crippen LogP contribution in [0, 0.1) is 17.8 Å². The normalized spacial score (nSPS) is 19.7. The number of benzene rings is 3. The van der Waals surface area contributed by atoms with Crippen molar-refractivity contribution >= 4 is 63.6 Å². The number of nitrogens with one attached hydrogen (secondary N) is 2. The van der Waals surface area contributed by atoms with Crippen molar-refractivity contribution in [2.24, 2.45) is 5.92 Å². The lowest BCUT2D eigenvalue weighted by Gasteiger charge is -2.40. The quantitative estimate of drug-likeness (QED) is 0.221. The molecule has 1 aliphatic carbocycles. The van der Waals surface area contributed by atoms with E-state index >= 15 is 0 Å². The third-order valence-electron chi connectivity index (χ3n) is 10.2. The number of carbonyl (C=O) groups excluding carboxylic acids is 5. The second-order valence-electron chi connectivity index (χ2n) is 13.5. The SMILES string of the molecule is O=C1CCC(N2C(=O)c3ccc(N4CC(C#Cc5ccc6c(c5)oc(=O)n6C5(C(=O)Nc6ccc(C(F)(F)F)cc6Cl)CCC5)C4)cc3C2=O)C(=O)N1. The molecule has 2 N–H and O–H groups in total. The molecule has 1 saturated carbocycles. The first-order valence-electron chi connectivity index (χ1n) is 16.7. The van der Waals surface area contributed by atoms with Gasteiger partial charge in [0.05, 0.1) is 38.8 Å². The van der Waals surface area contributed by atoms with E-state index < -0.39 is 58.6 Å². The van der Waals surface area contributed by atoms with Crippen molar-refractivity contribution in [3.05, 3.63) is 92.4 Å². The summed E-state index contributed by atoms with van der Waals surface area (Å²) in [7, 11) is 0. The van der Waals surface area contributed by atoms with Crippen LogP contribution in [0.3, 0.4) is 0 Å². The van der Waals surface area contributed by atoms with Gasteiger partial charge >= 0.3 is 11.9 Å². The standard InChI is InChI=1S/C37H27ClF3N5O7/c38-25-15-21(37(39,40)41)5-8-26(25)42-34(51)36(12-1-13-36)46-27-9-4-19(14-29(27)53-35(46)52)2-3-20-17-44(18-20)22-6-7-23-24(16-22)33(50)45(32(23)49)28-10-11-30(47)43-31(28)48/h4-9,14-16,20,28H,1,10-13,17-18H2,(H,42,51)(H,43,47,48). The van der Waals surface area contributed by atoms with Crippen LogP contribution in [0.1, 0.15) is 63.9 Å². The number of anilines is 2. The zero-order chi connectivity index (χ0) is 37.4. The molecule has 3 aromatic carbocycles. The largest absolute Gasteiger partial charge is 0.420 e. The Morgan fingerprint density at radius 1 is 0.962 bits per heavy atom. The molecule has 1 unspecified atom stereocenters. The Hall–Kier alpha value is -5.88. The minimum atomic E-state index is -4.60. The Balaban J connectivity index is 0.947. The number of rotatable bonds is 5. The van der Waals surface area contributed by atoms with Crippen LogP contribution in [0.2, 0.25) is 5.02 Å². The molecule has 270 valence electrons. The van der Waals surface area contributed by atoms with Gasteiger partial charge in [-0.25, -0.2) is 4.79 Å². The highest BCUT2D eigenvalue weighted by Crippen LogP contribution is 2.42. The number of alkyl halides is 3. The van der Waals surface area contributed by atoms with Crippen LogP contribution in [0.5, 0.6) is 0 Å². The molecule has 4 aromatic rings. The van der Waals surface area contributed by atoms with Gasteiger partial charge in [0.1, 0.15) is 11.6 Å². The lowest BCUT2D eigenvalue weighted by molar-refractivity contribution is -0.138. The van der Waals surface area contributed by atoms with Crippen LogP contribution in [0.4, 0.5) is 24.5 Å². The molecule has 0 radical (unpaired) electrons. The summed E-state index contributed by atoms with van der Waals surface area (Å²) in [5.41, 5.74) is -0.0432. The van der Waals surface area contributed by atoms with Crippen LogP contribution in [-0.2, 0) is 26.1 Å². The highest BCUT2D eigenvalue weighted by atomic mass is 35.5. The summed E-state index contributed by atoms with van der Waals surface area (Å²) in [4.78, 5) is 79.8. The van der Waals surface area contributed by atoms with E-state index in [1.54, 1.807) is 36.4 Å². The number of nitrogens with zero attached hydrogens (tertiary/aromatic N) is 3. The van der Waals surface area contributed by atoms with Crippen LogP contribution >= 0.6 is 11.6 Å². The van der Waals surface area contributed by atoms with Crippen molar-refractivity contribution < 1.29 is 41.6 Å². The van der Waals surface area contributed by atoms with Gasteiger partial charge in [0.2, 0.25) is 11.8 Å². The predicted octanol–water partition coefficient (Wildman–Crippen LogP) is 4.67. The number of aromatic nitrogens is 1. The van der Waals surface area contributed by atoms with Gasteiger partial charge in [0, 0.05) is 30.8 Å². The topological polar surface area (TPSA) is 151 Å². The van der Waals surface area contributed by atoms with E-state index in [0.717, 1.165) is 23.1 Å². The fourth-order valence-electron chi connectivity index (χ4n) is 7.22. The van der Waals surface area contributed by atoms with E-state index in [0.29, 0.717) is 49.1 Å². The fraction of sp³-hybridized carbons (Fsp3) is 0.297. The average molecular weight is 746 g/mol. The summed E-state index contributed by atoms with van der Waals surface area (Å²) in [5, 5.41) is 4.49. The number of piperidine rings is 1. The van der Waals surface area contributed by atoms with E-state index in [-0.39, 0.29) is 46.2 Å². The molecule has 53 heavy (non-hydrogen) atoms. The van der Waals surface area contributed by atoms with Crippen molar-refractivity contribution in [3.63, 3.8) is 0 Å². The van der Waals surface area contributed by atoms with Crippen LogP contribution < -0.4 is 21.3 Å². The molecule has 1 aromatic heterocycles. The molecule has 4 heterocycles. The molecule has 12 nitrogen and oxygen atoms in total. The smallest absolute Gasteiger partial charge is 0.408 e. The third kappa shape index (κ3) is 5.73. The van der Waals surface area contributed by atoms with Gasteiger partial charge in [0.15, 0.2) is 5.58 Å². The molecular formula is C37H27ClF3N5O7. The van der Waals surface area contributed by atoms with Crippen LogP contribution in [-0.4, -0.2) is 58.1 Å². The number of carbonyl (C=O) groups is 5. The van der Waals surface area contributed by atoms with Gasteiger partial charge < -0.3 is 14.6 Å². The number of fused-ring (bicyclic) bond motifs is 2. The van der Waals surface area contributed by atoms with E-state index in [1.165, 1.54) is 4.57 Å². The number of halogens is 4. The Morgan fingerprint density at radius 3 is 2.40 bits per heavy atom. The van der Waals surface area contributed by atoms with E-state index in [4.69, 9.17) is 16.0 Å². The molecular weight excluding hydrogens is 719 g/mol. The number of amides is 5. The molecule has 3 aliphatic heterocycles. The fourth-order valence-corrected chi connectivity index (χ4v) is 7.45. The zero-order valence-electron chi connectivity index (χ0n) is 27.5. The highest BCUT2D eigenvalue weighted by Gasteiger charge is 2.49. The minimum absolute atomic E-state index is 0.0138. The average Bonchev–Trinajstić information content (AvgIpc) is 3.52. The van der Waals surface area contributed by atoms with Gasteiger partial charge in [-0.05, 0) is 80.3 Å². The maximum Gasteiger partial charge on any atom is 0.420 e. The molecule has 2 saturated heterocycles. The monoisotopic (exact) mass is 745 g/mol. The summed E-state index contributed by atoms with van der Waals surface area (Å²) < 4.78 is 46.1. The summed E-state index contributed by atoms with van der Waals surface area (Å²) in [6.07, 6.45) is -3.25. The number of imide groups is 2. The molecule has 0 spiro atoms. The minimum Gasteiger partial charge on any atom is -0.408 e. The van der Waals surface area contributed by atoms with Gasteiger partial charge in [-0.1, -0.05) is 23.4 Å². The first-order valence-corrected chi connectivity index (χ1v) is 17.1. The van der Waals surface area contributed by atoms with Gasteiger partial charge in [-0.15, -0.1) is 0 Å². The highest BCUT2D eigenvalue weighted by molar-refractivity contribution is 6.34. The summed E-state index contributed by atoms with van der Waals surface area (Å²) in [6, 6.07) is 11.4. The van der Waals surface area contributed by atoms with E-state index in [9.17, 15) is 41.9 Å². The maximum atomic E-state index is 13.6. The summed E-state index contributed by atoms with van der Waals surface area (Å²) >= 11 is 6.07. The lowest BCUT2D eigenvalue weighted by atomic mass is 9.75. The van der Waals surface area contributed by atoms with E-state index in [1.807, 2.05) is 4.90 Å². The predicted molar refractivity (Wildman–Crippen MR) is 183 cm³/mol. The lowest BCUT2D eigenvalue weighted by Crippen LogP contribution is -2.54. The first kappa shape index (κ1) is 34.2. The molecule has 8 rings (SSSR count). The van der Waals surface area contributed by atoms with Crippen molar-refractivity contribution in [3.8, 4) is 11.8 Å². The summed E-state index contributed by atoms with van der Waals surface area (Å²) in [6.45, 7) is 1.08. The van der Waals surface area contributed by atoms with Gasteiger partial charge in [0.25, 0.3) is 17.7 Å². The van der Waals surface area contributed by atoms with Crippen molar-refractivity contribution in [2.75, 3.05) is 23.3 Å².